The highest BCUT2D eigenvalue weighted by Gasteiger charge is 2.28. The molecule has 11 heteroatoms. The summed E-state index contributed by atoms with van der Waals surface area (Å²) in [6.07, 6.45) is 0.745. The Labute approximate surface area is 191 Å². The molecule has 0 unspecified atom stereocenters. The third-order valence-electron chi connectivity index (χ3n) is 5.65. The van der Waals surface area contributed by atoms with Gasteiger partial charge in [-0.05, 0) is 43.3 Å². The van der Waals surface area contributed by atoms with E-state index in [9.17, 15) is 18.0 Å². The van der Waals surface area contributed by atoms with Crippen molar-refractivity contribution < 1.29 is 22.7 Å². The van der Waals surface area contributed by atoms with E-state index in [0.29, 0.717) is 42.4 Å². The minimum Gasteiger partial charge on any atom is -0.379 e. The van der Waals surface area contributed by atoms with E-state index in [2.05, 4.69) is 15.5 Å². The number of morpholine rings is 1. The summed E-state index contributed by atoms with van der Waals surface area (Å²) in [4.78, 5) is 28.8. The Morgan fingerprint density at radius 1 is 1.06 bits per heavy atom. The molecule has 0 radical (unpaired) electrons. The highest BCUT2D eigenvalue weighted by molar-refractivity contribution is 7.89. The summed E-state index contributed by atoms with van der Waals surface area (Å²) < 4.78 is 32.2. The lowest BCUT2D eigenvalue weighted by atomic mass is 10.0. The molecule has 0 bridgehead atoms. The molecule has 0 saturated carbocycles. The number of anilines is 1. The molecule has 1 saturated heterocycles. The van der Waals surface area contributed by atoms with Gasteiger partial charge in [-0.15, -0.1) is 11.3 Å². The number of ether oxygens (including phenoxy) is 1. The van der Waals surface area contributed by atoms with E-state index >= 15 is 0 Å². The first-order valence-corrected chi connectivity index (χ1v) is 12.6. The number of nitrogens with zero attached hydrogens (tertiary/aromatic N) is 2. The molecule has 1 fully saturated rings. The molecule has 0 atom stereocenters. The summed E-state index contributed by atoms with van der Waals surface area (Å²) >= 11 is 1.41. The number of carbonyl (C=O) groups is 2. The Hall–Kier alpha value is -2.31. The number of hydrogen-bond donors (Lipinski definition) is 2. The average Bonchev–Trinajstić information content (AvgIpc) is 3.15. The van der Waals surface area contributed by atoms with E-state index in [-0.39, 0.29) is 10.8 Å². The fraction of sp³-hybridized carbons (Fsp3) is 0.429. The average molecular weight is 479 g/mol. The second-order valence-electron chi connectivity index (χ2n) is 7.77. The van der Waals surface area contributed by atoms with Crippen LogP contribution in [0.15, 0.2) is 29.2 Å². The minimum absolute atomic E-state index is 0.136. The Morgan fingerprint density at radius 3 is 2.41 bits per heavy atom. The SMILES string of the molecule is CNC(=O)c1c(NC(=O)c2ccc(S(=O)(=O)N3CCOCC3)cc2)sc2c1CCN(C)C2. The highest BCUT2D eigenvalue weighted by atomic mass is 32.2. The first-order valence-electron chi connectivity index (χ1n) is 10.4. The molecule has 0 spiro atoms. The van der Waals surface area contributed by atoms with E-state index in [1.807, 2.05) is 7.05 Å². The van der Waals surface area contributed by atoms with E-state index in [4.69, 9.17) is 4.74 Å². The van der Waals surface area contributed by atoms with Crippen LogP contribution in [0.1, 0.15) is 31.2 Å². The molecule has 1 aromatic heterocycles. The summed E-state index contributed by atoms with van der Waals surface area (Å²) in [6.45, 7) is 2.94. The van der Waals surface area contributed by atoms with Crippen LogP contribution < -0.4 is 10.6 Å². The Kier molecular flexibility index (Phi) is 6.63. The van der Waals surface area contributed by atoms with Gasteiger partial charge in [-0.1, -0.05) is 0 Å². The van der Waals surface area contributed by atoms with Crippen LogP contribution in [0.25, 0.3) is 0 Å². The second-order valence-corrected chi connectivity index (χ2v) is 10.8. The maximum Gasteiger partial charge on any atom is 0.256 e. The highest BCUT2D eigenvalue weighted by Crippen LogP contribution is 2.37. The summed E-state index contributed by atoms with van der Waals surface area (Å²) in [5, 5.41) is 6.03. The fourth-order valence-electron chi connectivity index (χ4n) is 3.87. The number of nitrogens with one attached hydrogen (secondary N) is 2. The van der Waals surface area contributed by atoms with Gasteiger partial charge in [-0.2, -0.15) is 4.31 Å². The third kappa shape index (κ3) is 4.44. The van der Waals surface area contributed by atoms with Crippen LogP contribution in [-0.2, 0) is 27.7 Å². The quantitative estimate of drug-likeness (QED) is 0.672. The predicted molar refractivity (Wildman–Crippen MR) is 122 cm³/mol. The van der Waals surface area contributed by atoms with Crippen molar-refractivity contribution in [3.63, 3.8) is 0 Å². The molecular weight excluding hydrogens is 452 g/mol. The number of carbonyl (C=O) groups excluding carboxylic acids is 2. The maximum atomic E-state index is 12.9. The van der Waals surface area contributed by atoms with Crippen molar-refractivity contribution in [3.05, 3.63) is 45.8 Å². The van der Waals surface area contributed by atoms with Gasteiger partial charge in [0.05, 0.1) is 23.7 Å². The molecule has 2 aliphatic rings. The lowest BCUT2D eigenvalue weighted by molar-refractivity contribution is 0.0730. The van der Waals surface area contributed by atoms with Gasteiger partial charge in [0.1, 0.15) is 5.00 Å². The molecule has 2 aliphatic heterocycles. The number of hydrogen-bond acceptors (Lipinski definition) is 7. The van der Waals surface area contributed by atoms with E-state index in [0.717, 1.165) is 30.0 Å². The lowest BCUT2D eigenvalue weighted by Crippen LogP contribution is -2.40. The van der Waals surface area contributed by atoms with Crippen LogP contribution in [0.5, 0.6) is 0 Å². The zero-order valence-electron chi connectivity index (χ0n) is 18.0. The molecular formula is C21H26N4O5S2. The largest absolute Gasteiger partial charge is 0.379 e. The molecule has 2 N–H and O–H groups in total. The summed E-state index contributed by atoms with van der Waals surface area (Å²) in [5.74, 6) is -0.619. The standard InChI is InChI=1S/C21H26N4O5S2/c1-22-20(27)18-16-7-8-24(2)13-17(16)31-21(18)23-19(26)14-3-5-15(6-4-14)32(28,29)25-9-11-30-12-10-25/h3-6H,7-13H2,1-2H3,(H,22,27)(H,23,26). The van der Waals surface area contributed by atoms with Gasteiger partial charge in [-0.3, -0.25) is 9.59 Å². The van der Waals surface area contributed by atoms with Crippen molar-refractivity contribution in [3.8, 4) is 0 Å². The number of sulfonamides is 1. The van der Waals surface area contributed by atoms with Crippen molar-refractivity contribution in [2.24, 2.45) is 0 Å². The number of amides is 2. The first kappa shape index (κ1) is 22.9. The zero-order chi connectivity index (χ0) is 22.9. The Bertz CT molecular complexity index is 1120. The van der Waals surface area contributed by atoms with Crippen LogP contribution in [0.4, 0.5) is 5.00 Å². The van der Waals surface area contributed by atoms with E-state index < -0.39 is 15.9 Å². The van der Waals surface area contributed by atoms with Gasteiger partial charge in [0, 0.05) is 43.7 Å². The van der Waals surface area contributed by atoms with Gasteiger partial charge in [0.25, 0.3) is 11.8 Å². The second kappa shape index (κ2) is 9.28. The normalized spacial score (nSPS) is 17.6. The van der Waals surface area contributed by atoms with Crippen molar-refractivity contribution in [2.45, 2.75) is 17.9 Å². The molecule has 0 aliphatic carbocycles. The summed E-state index contributed by atoms with van der Waals surface area (Å²) in [7, 11) is -0.0351. The van der Waals surface area contributed by atoms with Crippen LogP contribution >= 0.6 is 11.3 Å². The fourth-order valence-corrected chi connectivity index (χ4v) is 6.60. The van der Waals surface area contributed by atoms with Crippen LogP contribution in [0.2, 0.25) is 0 Å². The Balaban J connectivity index is 1.55. The molecule has 172 valence electrons. The predicted octanol–water partition coefficient (Wildman–Crippen LogP) is 1.37. The topological polar surface area (TPSA) is 108 Å². The van der Waals surface area contributed by atoms with E-state index in [1.54, 1.807) is 7.05 Å². The molecule has 4 rings (SSSR count). The number of thiophene rings is 1. The van der Waals surface area contributed by atoms with Crippen LogP contribution in [-0.4, -0.2) is 76.4 Å². The van der Waals surface area contributed by atoms with Gasteiger partial charge in [0.15, 0.2) is 0 Å². The molecule has 9 nitrogen and oxygen atoms in total. The van der Waals surface area contributed by atoms with Crippen molar-refractivity contribution in [1.29, 1.82) is 0 Å². The summed E-state index contributed by atoms with van der Waals surface area (Å²) in [5.41, 5.74) is 1.81. The van der Waals surface area contributed by atoms with Crippen molar-refractivity contribution >= 4 is 38.2 Å². The number of rotatable bonds is 5. The minimum atomic E-state index is -3.63. The lowest BCUT2D eigenvalue weighted by Gasteiger charge is -2.26. The van der Waals surface area contributed by atoms with E-state index in [1.165, 1.54) is 39.9 Å². The maximum absolute atomic E-state index is 12.9. The molecule has 2 amide bonds. The van der Waals surface area contributed by atoms with Crippen LogP contribution in [0, 0.1) is 0 Å². The van der Waals surface area contributed by atoms with Gasteiger partial charge < -0.3 is 20.3 Å². The number of likely N-dealkylation sites (N-methyl/N-ethyl adjacent to an activating group) is 1. The Morgan fingerprint density at radius 2 is 1.75 bits per heavy atom. The molecule has 3 heterocycles. The summed E-state index contributed by atoms with van der Waals surface area (Å²) in [6, 6.07) is 5.86. The number of benzene rings is 1. The first-order chi connectivity index (χ1) is 15.3. The van der Waals surface area contributed by atoms with Gasteiger partial charge in [-0.25, -0.2) is 8.42 Å². The van der Waals surface area contributed by atoms with Gasteiger partial charge >= 0.3 is 0 Å². The molecule has 1 aromatic carbocycles. The monoisotopic (exact) mass is 478 g/mol. The van der Waals surface area contributed by atoms with Crippen molar-refractivity contribution in [2.75, 3.05) is 52.3 Å². The third-order valence-corrected chi connectivity index (χ3v) is 8.70. The molecule has 2 aromatic rings. The smallest absolute Gasteiger partial charge is 0.256 e. The number of fused-ring (bicyclic) bond motifs is 1. The van der Waals surface area contributed by atoms with Crippen molar-refractivity contribution in [1.82, 2.24) is 14.5 Å². The zero-order valence-corrected chi connectivity index (χ0v) is 19.6. The van der Waals surface area contributed by atoms with Crippen LogP contribution in [0.3, 0.4) is 0 Å². The van der Waals surface area contributed by atoms with Gasteiger partial charge in [0.2, 0.25) is 10.0 Å². The molecule has 32 heavy (non-hydrogen) atoms.